The summed E-state index contributed by atoms with van der Waals surface area (Å²) in [5.41, 5.74) is -0.239. The van der Waals surface area contributed by atoms with Gasteiger partial charge in [-0.1, -0.05) is 0 Å². The van der Waals surface area contributed by atoms with Gasteiger partial charge in [-0.15, -0.1) is 0 Å². The van der Waals surface area contributed by atoms with E-state index in [0.717, 1.165) is 12.8 Å². The number of benzene rings is 1. The van der Waals surface area contributed by atoms with E-state index in [1.165, 1.54) is 4.90 Å². The van der Waals surface area contributed by atoms with Crippen LogP contribution in [0.15, 0.2) is 18.2 Å². The van der Waals surface area contributed by atoms with Crippen LogP contribution in [0.5, 0.6) is 11.5 Å². The van der Waals surface area contributed by atoms with Crippen molar-refractivity contribution in [3.63, 3.8) is 0 Å². The summed E-state index contributed by atoms with van der Waals surface area (Å²) in [4.78, 5) is 38.5. The third-order valence-electron chi connectivity index (χ3n) is 5.69. The van der Waals surface area contributed by atoms with E-state index in [9.17, 15) is 19.6 Å². The Bertz CT molecular complexity index is 902. The molecule has 0 bridgehead atoms. The van der Waals surface area contributed by atoms with Gasteiger partial charge in [-0.05, 0) is 37.8 Å². The molecule has 9 heteroatoms. The van der Waals surface area contributed by atoms with Crippen LogP contribution in [0.1, 0.15) is 32.1 Å². The number of hydrogen-bond acceptors (Lipinski definition) is 7. The predicted molar refractivity (Wildman–Crippen MR) is 104 cm³/mol. The van der Waals surface area contributed by atoms with Gasteiger partial charge in [-0.2, -0.15) is 5.26 Å². The van der Waals surface area contributed by atoms with Crippen molar-refractivity contribution in [3.05, 3.63) is 18.2 Å². The largest absolute Gasteiger partial charge is 0.486 e. The first-order valence-electron chi connectivity index (χ1n) is 10.1. The van der Waals surface area contributed by atoms with E-state index >= 15 is 0 Å². The lowest BCUT2D eigenvalue weighted by molar-refractivity contribution is -0.152. The van der Waals surface area contributed by atoms with E-state index in [2.05, 4.69) is 11.4 Å². The maximum Gasteiger partial charge on any atom is 0.311 e. The second-order valence-electron chi connectivity index (χ2n) is 7.79. The number of nitrogens with zero attached hydrogens (tertiary/aromatic N) is 2. The van der Waals surface area contributed by atoms with E-state index in [4.69, 9.17) is 14.2 Å². The summed E-state index contributed by atoms with van der Waals surface area (Å²) in [5.74, 6) is -0.776. The quantitative estimate of drug-likeness (QED) is 0.723. The van der Waals surface area contributed by atoms with Crippen LogP contribution in [0.4, 0.5) is 5.69 Å². The fourth-order valence-electron chi connectivity index (χ4n) is 4.12. The standard InChI is InChI=1S/C21H23N3O6/c22-13-21(5-1-2-6-21)23-18(25)12-30-20(27)14-9-19(26)24(11-14)15-3-4-16-17(10-15)29-8-7-28-16/h3-4,10,14H,1-2,5-9,11-12H2,(H,23,25)/t14-/m1/s1. The molecule has 4 rings (SSSR count). The summed E-state index contributed by atoms with van der Waals surface area (Å²) in [6.45, 7) is 0.624. The molecule has 2 fully saturated rings. The summed E-state index contributed by atoms with van der Waals surface area (Å²) in [6.07, 6.45) is 2.98. The van der Waals surface area contributed by atoms with Gasteiger partial charge in [-0.25, -0.2) is 0 Å². The lowest BCUT2D eigenvalue weighted by Crippen LogP contribution is -2.47. The summed E-state index contributed by atoms with van der Waals surface area (Å²) < 4.78 is 16.2. The Morgan fingerprint density at radius 3 is 2.70 bits per heavy atom. The van der Waals surface area contributed by atoms with Crippen molar-refractivity contribution in [3.8, 4) is 17.6 Å². The van der Waals surface area contributed by atoms with Gasteiger partial charge in [0.25, 0.3) is 5.91 Å². The van der Waals surface area contributed by atoms with Crippen molar-refractivity contribution < 1.29 is 28.6 Å². The van der Waals surface area contributed by atoms with Gasteiger partial charge in [0.1, 0.15) is 18.8 Å². The van der Waals surface area contributed by atoms with Crippen LogP contribution in [0, 0.1) is 17.2 Å². The topological polar surface area (TPSA) is 118 Å². The van der Waals surface area contributed by atoms with Crippen molar-refractivity contribution in [2.24, 2.45) is 5.92 Å². The highest BCUT2D eigenvalue weighted by atomic mass is 16.6. The Morgan fingerprint density at radius 2 is 1.97 bits per heavy atom. The fraction of sp³-hybridized carbons (Fsp3) is 0.524. The van der Waals surface area contributed by atoms with Crippen LogP contribution in [0.2, 0.25) is 0 Å². The molecule has 0 radical (unpaired) electrons. The lowest BCUT2D eigenvalue weighted by atomic mass is 10.00. The van der Waals surface area contributed by atoms with Gasteiger partial charge in [0.2, 0.25) is 5.91 Å². The van der Waals surface area contributed by atoms with Crippen molar-refractivity contribution in [2.75, 3.05) is 31.3 Å². The molecule has 1 N–H and O–H groups in total. The van der Waals surface area contributed by atoms with Crippen LogP contribution in [0.3, 0.4) is 0 Å². The molecule has 2 amide bonds. The highest BCUT2D eigenvalue weighted by molar-refractivity contribution is 6.00. The number of ether oxygens (including phenoxy) is 3. The molecule has 0 spiro atoms. The van der Waals surface area contributed by atoms with Crippen molar-refractivity contribution in [2.45, 2.75) is 37.6 Å². The Kier molecular flexibility index (Phi) is 5.48. The summed E-state index contributed by atoms with van der Waals surface area (Å²) in [7, 11) is 0. The molecule has 30 heavy (non-hydrogen) atoms. The third kappa shape index (κ3) is 4.03. The highest BCUT2D eigenvalue weighted by Gasteiger charge is 2.38. The molecule has 158 valence electrons. The zero-order valence-electron chi connectivity index (χ0n) is 16.5. The number of fused-ring (bicyclic) bond motifs is 1. The molecule has 2 heterocycles. The molecule has 1 aliphatic carbocycles. The lowest BCUT2D eigenvalue weighted by Gasteiger charge is -2.22. The maximum atomic E-state index is 12.4. The van der Waals surface area contributed by atoms with E-state index in [-0.39, 0.29) is 18.9 Å². The van der Waals surface area contributed by atoms with Crippen LogP contribution in [-0.2, 0) is 19.1 Å². The second-order valence-corrected chi connectivity index (χ2v) is 7.79. The molecule has 1 aromatic carbocycles. The molecular formula is C21H23N3O6. The number of amides is 2. The molecule has 1 saturated carbocycles. The number of rotatable bonds is 5. The fourth-order valence-corrected chi connectivity index (χ4v) is 4.12. The SMILES string of the molecule is N#CC1(NC(=O)COC(=O)[C@@H]2CC(=O)N(c3ccc4c(c3)OCCO4)C2)CCCC1. The van der Waals surface area contributed by atoms with Crippen LogP contribution < -0.4 is 19.7 Å². The van der Waals surface area contributed by atoms with Crippen LogP contribution in [0.25, 0.3) is 0 Å². The average molecular weight is 413 g/mol. The van der Waals surface area contributed by atoms with Crippen molar-refractivity contribution >= 4 is 23.5 Å². The van der Waals surface area contributed by atoms with Gasteiger partial charge >= 0.3 is 5.97 Å². The van der Waals surface area contributed by atoms with Gasteiger partial charge in [-0.3, -0.25) is 14.4 Å². The summed E-state index contributed by atoms with van der Waals surface area (Å²) in [5, 5.41) is 12.0. The van der Waals surface area contributed by atoms with Crippen molar-refractivity contribution in [1.29, 1.82) is 5.26 Å². The van der Waals surface area contributed by atoms with Crippen LogP contribution >= 0.6 is 0 Å². The summed E-state index contributed by atoms with van der Waals surface area (Å²) >= 11 is 0. The van der Waals surface area contributed by atoms with E-state index < -0.39 is 29.9 Å². The first-order chi connectivity index (χ1) is 14.5. The zero-order chi connectivity index (χ0) is 21.1. The maximum absolute atomic E-state index is 12.4. The minimum Gasteiger partial charge on any atom is -0.486 e. The smallest absolute Gasteiger partial charge is 0.311 e. The minimum atomic E-state index is -0.859. The monoisotopic (exact) mass is 413 g/mol. The van der Waals surface area contributed by atoms with Gasteiger partial charge in [0.05, 0.1) is 12.0 Å². The normalized spacial score (nSPS) is 21.8. The van der Waals surface area contributed by atoms with E-state index in [0.29, 0.717) is 43.2 Å². The Morgan fingerprint density at radius 1 is 1.23 bits per heavy atom. The summed E-state index contributed by atoms with van der Waals surface area (Å²) in [6, 6.07) is 7.36. The van der Waals surface area contributed by atoms with Gasteiger partial charge in [0.15, 0.2) is 18.1 Å². The molecule has 1 saturated heterocycles. The molecule has 2 aliphatic heterocycles. The molecule has 0 aromatic heterocycles. The molecule has 3 aliphatic rings. The first-order valence-corrected chi connectivity index (χ1v) is 10.1. The number of nitriles is 1. The number of carbonyl (C=O) groups excluding carboxylic acids is 3. The highest BCUT2D eigenvalue weighted by Crippen LogP contribution is 2.36. The Hall–Kier alpha value is -3.28. The zero-order valence-corrected chi connectivity index (χ0v) is 16.5. The minimum absolute atomic E-state index is 0.0109. The molecule has 1 aromatic rings. The number of hydrogen-bond donors (Lipinski definition) is 1. The van der Waals surface area contributed by atoms with E-state index in [1.54, 1.807) is 18.2 Å². The molecular weight excluding hydrogens is 390 g/mol. The first kappa shape index (κ1) is 20.0. The Balaban J connectivity index is 1.32. The number of anilines is 1. The average Bonchev–Trinajstić information content (AvgIpc) is 3.39. The number of esters is 1. The number of carbonyl (C=O) groups is 3. The second kappa shape index (κ2) is 8.22. The number of nitrogens with one attached hydrogen (secondary N) is 1. The predicted octanol–water partition coefficient (Wildman–Crippen LogP) is 1.31. The molecule has 0 unspecified atom stereocenters. The van der Waals surface area contributed by atoms with E-state index in [1.807, 2.05) is 0 Å². The Labute approximate surface area is 173 Å². The van der Waals surface area contributed by atoms with Gasteiger partial charge in [0, 0.05) is 24.7 Å². The molecule has 1 atom stereocenters. The third-order valence-corrected chi connectivity index (χ3v) is 5.69. The van der Waals surface area contributed by atoms with Crippen LogP contribution in [-0.4, -0.2) is 49.7 Å². The van der Waals surface area contributed by atoms with Crippen molar-refractivity contribution in [1.82, 2.24) is 5.32 Å². The van der Waals surface area contributed by atoms with Gasteiger partial charge < -0.3 is 24.4 Å². The molecule has 9 nitrogen and oxygen atoms in total.